The molecular weight excluding hydrogens is 369 g/mol. The molecule has 0 N–H and O–H groups in total. The molecule has 4 rings (SSSR count). The van der Waals surface area contributed by atoms with Gasteiger partial charge >= 0.3 is 6.18 Å². The van der Waals surface area contributed by atoms with Crippen LogP contribution in [0.25, 0.3) is 11.4 Å². The number of rotatable bonds is 3. The summed E-state index contributed by atoms with van der Waals surface area (Å²) in [5.74, 6) is 0.434. The summed E-state index contributed by atoms with van der Waals surface area (Å²) in [6.07, 6.45) is 1.09. The van der Waals surface area contributed by atoms with E-state index >= 15 is 0 Å². The first-order valence-corrected chi connectivity index (χ1v) is 8.81. The third kappa shape index (κ3) is 3.96. The van der Waals surface area contributed by atoms with Gasteiger partial charge in [0.05, 0.1) is 11.3 Å². The molecule has 0 spiro atoms. The Morgan fingerprint density at radius 1 is 1.07 bits per heavy atom. The summed E-state index contributed by atoms with van der Waals surface area (Å²) in [4.78, 5) is 11.2. The molecule has 2 aromatic heterocycles. The molecule has 0 saturated carbocycles. The summed E-state index contributed by atoms with van der Waals surface area (Å²) in [7, 11) is 0. The second kappa shape index (κ2) is 7.20. The number of alkyl halides is 3. The molecule has 144 valence electrons. The lowest BCUT2D eigenvalue weighted by molar-refractivity contribution is -0.605. The largest absolute Gasteiger partial charge is 0.619 e. The van der Waals surface area contributed by atoms with Crippen molar-refractivity contribution in [1.82, 2.24) is 14.9 Å². The number of halogens is 3. The molecule has 0 unspecified atom stereocenters. The van der Waals surface area contributed by atoms with Crippen LogP contribution in [-0.2, 0) is 25.7 Å². The fourth-order valence-corrected chi connectivity index (χ4v) is 3.26. The third-order valence-electron chi connectivity index (χ3n) is 4.76. The first kappa shape index (κ1) is 18.4. The quantitative estimate of drug-likeness (QED) is 0.512. The van der Waals surface area contributed by atoms with Gasteiger partial charge in [0.25, 0.3) is 0 Å². The standard InChI is InChI=1S/C20H17F3N4O/c21-20(22,23)17-3-1-15(2-4-17)19-24-11-16-13-26(8-7-18(16)25-19)12-14-5-9-27(28)10-6-14/h1-6,9-11H,7-8,12-13H2. The number of fused-ring (bicyclic) bond motifs is 1. The first-order chi connectivity index (χ1) is 13.4. The van der Waals surface area contributed by atoms with Crippen LogP contribution in [0.3, 0.4) is 0 Å². The molecule has 3 aromatic rings. The SMILES string of the molecule is [O-][n+]1ccc(CN2CCc3nc(-c4ccc(C(F)(F)F)cc4)ncc3C2)cc1. The number of pyridine rings is 1. The summed E-state index contributed by atoms with van der Waals surface area (Å²) in [5.41, 5.74) is 2.86. The van der Waals surface area contributed by atoms with Gasteiger partial charge in [-0.3, -0.25) is 4.90 Å². The summed E-state index contributed by atoms with van der Waals surface area (Å²) < 4.78 is 38.9. The van der Waals surface area contributed by atoms with Crippen molar-refractivity contribution < 1.29 is 17.9 Å². The van der Waals surface area contributed by atoms with E-state index in [0.717, 1.165) is 53.2 Å². The molecule has 28 heavy (non-hydrogen) atoms. The van der Waals surface area contributed by atoms with E-state index in [9.17, 15) is 18.4 Å². The molecule has 0 bridgehead atoms. The maximum absolute atomic E-state index is 12.7. The number of hydrogen-bond acceptors (Lipinski definition) is 4. The van der Waals surface area contributed by atoms with Crippen molar-refractivity contribution in [2.75, 3.05) is 6.54 Å². The summed E-state index contributed by atoms with van der Waals surface area (Å²) in [6.45, 7) is 2.22. The van der Waals surface area contributed by atoms with E-state index in [-0.39, 0.29) is 0 Å². The van der Waals surface area contributed by atoms with E-state index in [4.69, 9.17) is 0 Å². The summed E-state index contributed by atoms with van der Waals surface area (Å²) >= 11 is 0. The molecule has 0 amide bonds. The van der Waals surface area contributed by atoms with Crippen LogP contribution in [0.2, 0.25) is 0 Å². The second-order valence-electron chi connectivity index (χ2n) is 6.77. The van der Waals surface area contributed by atoms with Crippen LogP contribution in [0.5, 0.6) is 0 Å². The van der Waals surface area contributed by atoms with Gasteiger partial charge in [-0.1, -0.05) is 12.1 Å². The lowest BCUT2D eigenvalue weighted by Gasteiger charge is -2.28. The molecule has 1 aliphatic heterocycles. The van der Waals surface area contributed by atoms with Crippen LogP contribution in [0.15, 0.2) is 55.0 Å². The van der Waals surface area contributed by atoms with Crippen molar-refractivity contribution in [3.63, 3.8) is 0 Å². The van der Waals surface area contributed by atoms with Gasteiger partial charge in [0.1, 0.15) is 0 Å². The number of benzene rings is 1. The zero-order valence-electron chi connectivity index (χ0n) is 14.9. The summed E-state index contributed by atoms with van der Waals surface area (Å²) in [6, 6.07) is 8.49. The minimum atomic E-state index is -4.36. The molecule has 1 aromatic carbocycles. The van der Waals surface area contributed by atoms with Gasteiger partial charge in [-0.05, 0) is 17.7 Å². The fourth-order valence-electron chi connectivity index (χ4n) is 3.26. The van der Waals surface area contributed by atoms with Crippen molar-refractivity contribution in [3.8, 4) is 11.4 Å². The maximum atomic E-state index is 12.7. The van der Waals surface area contributed by atoms with Gasteiger partial charge in [0.2, 0.25) is 0 Å². The number of hydrogen-bond donors (Lipinski definition) is 0. The zero-order valence-corrected chi connectivity index (χ0v) is 14.9. The average molecular weight is 386 g/mol. The van der Waals surface area contributed by atoms with Gasteiger partial charge in [0.15, 0.2) is 18.2 Å². The Labute approximate surface area is 159 Å². The Morgan fingerprint density at radius 3 is 2.46 bits per heavy atom. The first-order valence-electron chi connectivity index (χ1n) is 8.81. The van der Waals surface area contributed by atoms with Crippen molar-refractivity contribution in [3.05, 3.63) is 82.6 Å². The van der Waals surface area contributed by atoms with E-state index < -0.39 is 11.7 Å². The fraction of sp³-hybridized carbons (Fsp3) is 0.250. The van der Waals surface area contributed by atoms with Gasteiger partial charge in [-0.2, -0.15) is 17.9 Å². The van der Waals surface area contributed by atoms with Crippen LogP contribution < -0.4 is 4.73 Å². The highest BCUT2D eigenvalue weighted by Gasteiger charge is 2.30. The highest BCUT2D eigenvalue weighted by atomic mass is 19.4. The molecular formula is C20H17F3N4O. The predicted molar refractivity (Wildman–Crippen MR) is 95.7 cm³/mol. The Bertz CT molecular complexity index is 972. The van der Waals surface area contributed by atoms with Crippen LogP contribution in [-0.4, -0.2) is 21.4 Å². The summed E-state index contributed by atoms with van der Waals surface area (Å²) in [5, 5.41) is 11.1. The van der Waals surface area contributed by atoms with Gasteiger partial charge < -0.3 is 5.21 Å². The van der Waals surface area contributed by atoms with Crippen LogP contribution >= 0.6 is 0 Å². The topological polar surface area (TPSA) is 56.0 Å². The van der Waals surface area contributed by atoms with E-state index in [1.807, 2.05) is 0 Å². The Hall–Kier alpha value is -3.00. The Morgan fingerprint density at radius 2 is 1.79 bits per heavy atom. The monoisotopic (exact) mass is 386 g/mol. The molecule has 0 fully saturated rings. The Balaban J connectivity index is 1.49. The normalized spacial score (nSPS) is 14.7. The van der Waals surface area contributed by atoms with Crippen LogP contribution in [0, 0.1) is 5.21 Å². The zero-order chi connectivity index (χ0) is 19.7. The predicted octanol–water partition coefficient (Wildman–Crippen LogP) is 3.35. The van der Waals surface area contributed by atoms with Crippen molar-refractivity contribution >= 4 is 0 Å². The Kier molecular flexibility index (Phi) is 4.72. The minimum Gasteiger partial charge on any atom is -0.619 e. The van der Waals surface area contributed by atoms with E-state index in [0.29, 0.717) is 17.9 Å². The van der Waals surface area contributed by atoms with Crippen LogP contribution in [0.1, 0.15) is 22.4 Å². The second-order valence-corrected chi connectivity index (χ2v) is 6.77. The average Bonchev–Trinajstić information content (AvgIpc) is 2.69. The van der Waals surface area contributed by atoms with Crippen molar-refractivity contribution in [1.29, 1.82) is 0 Å². The molecule has 5 nitrogen and oxygen atoms in total. The van der Waals surface area contributed by atoms with E-state index in [2.05, 4.69) is 14.9 Å². The minimum absolute atomic E-state index is 0.434. The third-order valence-corrected chi connectivity index (χ3v) is 4.76. The molecule has 0 radical (unpaired) electrons. The highest BCUT2D eigenvalue weighted by molar-refractivity contribution is 5.56. The van der Waals surface area contributed by atoms with E-state index in [1.165, 1.54) is 24.5 Å². The molecule has 3 heterocycles. The van der Waals surface area contributed by atoms with Gasteiger partial charge in [0, 0.05) is 55.5 Å². The maximum Gasteiger partial charge on any atom is 0.416 e. The lowest BCUT2D eigenvalue weighted by atomic mass is 10.1. The lowest BCUT2D eigenvalue weighted by Crippen LogP contribution is -2.31. The molecule has 1 aliphatic rings. The molecule has 0 aliphatic carbocycles. The molecule has 0 atom stereocenters. The number of aromatic nitrogens is 3. The van der Waals surface area contributed by atoms with Crippen molar-refractivity contribution in [2.24, 2.45) is 0 Å². The molecule has 0 saturated heterocycles. The van der Waals surface area contributed by atoms with Gasteiger partial charge in [-0.25, -0.2) is 9.97 Å². The van der Waals surface area contributed by atoms with Crippen LogP contribution in [0.4, 0.5) is 13.2 Å². The highest BCUT2D eigenvalue weighted by Crippen LogP contribution is 2.30. The smallest absolute Gasteiger partial charge is 0.416 e. The van der Waals surface area contributed by atoms with Crippen molar-refractivity contribution in [2.45, 2.75) is 25.7 Å². The van der Waals surface area contributed by atoms with E-state index in [1.54, 1.807) is 18.3 Å². The van der Waals surface area contributed by atoms with Gasteiger partial charge in [-0.15, -0.1) is 0 Å². The number of nitrogens with zero attached hydrogens (tertiary/aromatic N) is 4. The molecule has 8 heteroatoms.